The van der Waals surface area contributed by atoms with Gasteiger partial charge < -0.3 is 23.5 Å². The number of carbonyl (C=O) groups is 5. The summed E-state index contributed by atoms with van der Waals surface area (Å²) in [6, 6.07) is 32.4. The van der Waals surface area contributed by atoms with E-state index in [9.17, 15) is 19.2 Å². The average Bonchev–Trinajstić information content (AvgIpc) is 3.21. The van der Waals surface area contributed by atoms with Crippen LogP contribution in [0.4, 0.5) is 10.5 Å². The van der Waals surface area contributed by atoms with Crippen LogP contribution < -0.4 is 25.6 Å². The first-order valence-electron chi connectivity index (χ1n) is 19.0. The first-order valence-corrected chi connectivity index (χ1v) is 24.2. The lowest BCUT2D eigenvalue weighted by Crippen LogP contribution is -2.69. The third kappa shape index (κ3) is 8.27. The number of benzene rings is 4. The number of Topliss-reactive ketones (excluding diaryl/α,β-unsaturated/α-hetero) is 1. The number of fused-ring (bicyclic) bond motifs is 1. The fraction of sp³-hybridized carbons (Fsp3) is 0.244. The van der Waals surface area contributed by atoms with Gasteiger partial charge in [-0.1, -0.05) is 116 Å². The summed E-state index contributed by atoms with van der Waals surface area (Å²) in [7, 11) is -2.22. The number of anilines is 1. The molecule has 13 heteroatoms. The number of ketones is 1. The Balaban J connectivity index is 1.58. The average molecular weight is 819 g/mol. The van der Waals surface area contributed by atoms with Gasteiger partial charge in [0.2, 0.25) is 5.91 Å². The van der Waals surface area contributed by atoms with Crippen LogP contribution in [0.1, 0.15) is 23.7 Å². The number of carbonyl (C=O) groups excluding carboxylic acids is 5. The van der Waals surface area contributed by atoms with Crippen LogP contribution in [0.15, 0.2) is 135 Å². The molecule has 3 atom stereocenters. The van der Waals surface area contributed by atoms with Gasteiger partial charge in [-0.2, -0.15) is 0 Å². The van der Waals surface area contributed by atoms with Gasteiger partial charge in [-0.05, 0) is 60.7 Å². The van der Waals surface area contributed by atoms with Gasteiger partial charge in [0.1, 0.15) is 24.4 Å². The molecule has 300 valence electrons. The first kappa shape index (κ1) is 41.8. The molecule has 0 N–H and O–H groups in total. The van der Waals surface area contributed by atoms with Gasteiger partial charge in [0.05, 0.1) is 23.8 Å². The summed E-state index contributed by atoms with van der Waals surface area (Å²) in [4.78, 5) is 72.8. The Morgan fingerprint density at radius 1 is 0.828 bits per heavy atom. The zero-order valence-electron chi connectivity index (χ0n) is 33.0. The topological polar surface area (TPSA) is 129 Å². The van der Waals surface area contributed by atoms with E-state index in [0.717, 1.165) is 20.8 Å². The van der Waals surface area contributed by atoms with Gasteiger partial charge in [-0.25, -0.2) is 14.5 Å². The molecule has 2 aliphatic heterocycles. The third-order valence-corrected chi connectivity index (χ3v) is 15.2. The van der Waals surface area contributed by atoms with E-state index < -0.39 is 63.6 Å². The second-order valence-electron chi connectivity index (χ2n) is 14.8. The summed E-state index contributed by atoms with van der Waals surface area (Å²) >= 11 is 0. The fourth-order valence-corrected chi connectivity index (χ4v) is 13.2. The maximum Gasteiger partial charge on any atom is 0.421 e. The highest BCUT2D eigenvalue weighted by Crippen LogP contribution is 2.50. The first-order chi connectivity index (χ1) is 27.8. The molecule has 0 saturated carbocycles. The van der Waals surface area contributed by atoms with Gasteiger partial charge in [-0.3, -0.25) is 14.4 Å². The Morgan fingerprint density at radius 3 is 1.88 bits per heavy atom. The van der Waals surface area contributed by atoms with Crippen LogP contribution in [0.25, 0.3) is 0 Å². The molecule has 2 aliphatic rings. The van der Waals surface area contributed by atoms with Crippen molar-refractivity contribution in [2.75, 3.05) is 24.7 Å². The van der Waals surface area contributed by atoms with Gasteiger partial charge in [0.15, 0.2) is 20.7 Å². The van der Waals surface area contributed by atoms with Crippen molar-refractivity contribution in [3.63, 3.8) is 0 Å². The van der Waals surface area contributed by atoms with E-state index in [0.29, 0.717) is 0 Å². The molecule has 3 amide bonds. The number of nitrogens with zero attached hydrogens (tertiary/aromatic N) is 2. The van der Waals surface area contributed by atoms with E-state index in [1.54, 1.807) is 6.07 Å². The summed E-state index contributed by atoms with van der Waals surface area (Å²) < 4.78 is 23.2. The minimum absolute atomic E-state index is 0.0483. The number of likely N-dealkylation sites (tertiary alicyclic amines) is 1. The van der Waals surface area contributed by atoms with Crippen LogP contribution in [0, 0.1) is 5.92 Å². The van der Waals surface area contributed by atoms with E-state index in [4.69, 9.17) is 18.6 Å². The van der Waals surface area contributed by atoms with Gasteiger partial charge in [-0.15, -0.1) is 0 Å². The lowest BCUT2D eigenvalue weighted by Gasteiger charge is -2.52. The van der Waals surface area contributed by atoms with E-state index in [-0.39, 0.29) is 48.0 Å². The number of esters is 1. The molecule has 6 rings (SSSR count). The van der Waals surface area contributed by atoms with Gasteiger partial charge >= 0.3 is 12.1 Å². The maximum atomic E-state index is 15.0. The molecule has 58 heavy (non-hydrogen) atoms. The normalized spacial score (nSPS) is 16.9. The molecule has 4 aromatic carbocycles. The zero-order chi connectivity index (χ0) is 41.6. The molecule has 11 nitrogen and oxygen atoms in total. The number of amides is 3. The molecule has 2 heterocycles. The Bertz CT molecular complexity index is 2170. The Morgan fingerprint density at radius 2 is 1.36 bits per heavy atom. The van der Waals surface area contributed by atoms with Crippen molar-refractivity contribution < 1.29 is 42.6 Å². The van der Waals surface area contributed by atoms with Gasteiger partial charge in [0.25, 0.3) is 5.91 Å². The molecule has 1 saturated heterocycles. The smallest absolute Gasteiger partial charge is 0.421 e. The van der Waals surface area contributed by atoms with E-state index in [1.165, 1.54) is 29.2 Å². The van der Waals surface area contributed by atoms with Crippen molar-refractivity contribution >= 4 is 71.9 Å². The third-order valence-electron chi connectivity index (χ3n) is 9.83. The Kier molecular flexibility index (Phi) is 12.8. The standard InChI is InChI=1S/C45H47N2O9PSi/c1-7-26-53-44(51)43(57(33-18-12-9-13-19-33,34-20-14-10-15-21-34)35-22-16-11-17-23-35)47-37(41(42(47)50)31(3)56-58(4,5)6)29-38(48)32-24-25-39-36(28-32)46(40(49)30-55-39)45(52)54-27-8-2/h7-25,28,31,37,41H,1-2,26-27,29-30H2,3-6H3/t31-,37-,41-/m1/s1. The predicted octanol–water partition coefficient (Wildman–Crippen LogP) is 6.23. The minimum Gasteiger partial charge on any atom is -0.482 e. The van der Waals surface area contributed by atoms with E-state index >= 15 is 4.79 Å². The monoisotopic (exact) mass is 818 g/mol. The highest BCUT2D eigenvalue weighted by atomic mass is 31.2. The largest absolute Gasteiger partial charge is 0.482 e. The molecule has 0 bridgehead atoms. The molecule has 0 unspecified atom stereocenters. The predicted molar refractivity (Wildman–Crippen MR) is 229 cm³/mol. The maximum absolute atomic E-state index is 15.0. The molecule has 4 aromatic rings. The molecule has 0 spiro atoms. The van der Waals surface area contributed by atoms with Crippen molar-refractivity contribution in [3.8, 4) is 5.75 Å². The van der Waals surface area contributed by atoms with Crippen molar-refractivity contribution in [1.82, 2.24) is 4.90 Å². The second kappa shape index (κ2) is 17.8. The molecule has 0 radical (unpaired) electrons. The number of hydrogen-bond acceptors (Lipinski definition) is 9. The van der Waals surface area contributed by atoms with Gasteiger partial charge in [0, 0.05) is 18.9 Å². The molecular formula is C45H47N2O9PSi. The highest BCUT2D eigenvalue weighted by Gasteiger charge is 2.56. The lowest BCUT2D eigenvalue weighted by molar-refractivity contribution is -0.156. The van der Waals surface area contributed by atoms with Crippen LogP contribution in [0.2, 0.25) is 19.6 Å². The Hall–Kier alpha value is -5.81. The SMILES string of the molecule is C=CCOC(=O)C(N1C(=O)[C@H]([C@@H](C)O[Si](C)(C)C)[C@H]1CC(=O)c1ccc2c(c1)N(C(=O)OCC=C)C(=O)CO2)=P(c1ccccc1)(c1ccccc1)c1ccccc1. The zero-order valence-corrected chi connectivity index (χ0v) is 34.9. The molecule has 0 aromatic heterocycles. The summed E-state index contributed by atoms with van der Waals surface area (Å²) in [5, 5.41) is 2.40. The number of hydrogen-bond donors (Lipinski definition) is 0. The molecular weight excluding hydrogens is 772 g/mol. The number of imide groups is 1. The highest BCUT2D eigenvalue weighted by molar-refractivity contribution is 7.96. The Labute approximate surface area is 340 Å². The van der Waals surface area contributed by atoms with Crippen molar-refractivity contribution in [2.45, 2.75) is 45.1 Å². The van der Waals surface area contributed by atoms with Crippen LogP contribution in [-0.4, -0.2) is 80.3 Å². The molecule has 0 aliphatic carbocycles. The number of ether oxygens (including phenoxy) is 3. The fourth-order valence-electron chi connectivity index (χ4n) is 7.59. The summed E-state index contributed by atoms with van der Waals surface area (Å²) in [5.41, 5.74) is 0.325. The lowest BCUT2D eigenvalue weighted by atomic mass is 9.79. The van der Waals surface area contributed by atoms with Crippen LogP contribution in [0.5, 0.6) is 5.75 Å². The van der Waals surface area contributed by atoms with Crippen molar-refractivity contribution in [3.05, 3.63) is 140 Å². The van der Waals surface area contributed by atoms with E-state index in [2.05, 4.69) is 13.2 Å². The van der Waals surface area contributed by atoms with Crippen LogP contribution >= 0.6 is 6.89 Å². The van der Waals surface area contributed by atoms with Crippen molar-refractivity contribution in [2.24, 2.45) is 5.92 Å². The second-order valence-corrected chi connectivity index (χ2v) is 22.6. The molecule has 1 fully saturated rings. The van der Waals surface area contributed by atoms with Crippen LogP contribution in [0.3, 0.4) is 0 Å². The summed E-state index contributed by atoms with van der Waals surface area (Å²) in [5.74, 6) is -2.76. The van der Waals surface area contributed by atoms with E-state index in [1.807, 2.05) is 118 Å². The minimum atomic E-state index is -3.27. The quantitative estimate of drug-likeness (QED) is 0.0343. The summed E-state index contributed by atoms with van der Waals surface area (Å²) in [6.45, 7) is 11.3. The van der Waals surface area contributed by atoms with Crippen LogP contribution in [-0.2, 0) is 28.3 Å². The number of rotatable bonds is 15. The van der Waals surface area contributed by atoms with Crippen molar-refractivity contribution in [1.29, 1.82) is 0 Å². The summed E-state index contributed by atoms with van der Waals surface area (Å²) in [6.07, 6.45) is 1.06. The number of β-lactam (4-membered cyclic amide) rings is 1.